The molecule has 2 N–H and O–H groups in total. The smallest absolute Gasteiger partial charge is 0.408 e. The molecule has 1 heterocycles. The summed E-state index contributed by atoms with van der Waals surface area (Å²) in [5.74, 6) is -1.31. The lowest BCUT2D eigenvalue weighted by molar-refractivity contribution is -0.148. The Morgan fingerprint density at radius 2 is 1.70 bits per heavy atom. The second-order valence-electron chi connectivity index (χ2n) is 8.86. The third kappa shape index (κ3) is 4.06. The van der Waals surface area contributed by atoms with E-state index in [4.69, 9.17) is 14.6 Å². The highest BCUT2D eigenvalue weighted by molar-refractivity contribution is 5.93. The van der Waals surface area contributed by atoms with Gasteiger partial charge in [0, 0.05) is 12.5 Å². The van der Waals surface area contributed by atoms with Crippen molar-refractivity contribution in [2.45, 2.75) is 36.8 Å². The van der Waals surface area contributed by atoms with E-state index in [2.05, 4.69) is 17.4 Å². The minimum Gasteiger partial charge on any atom is -0.481 e. The van der Waals surface area contributed by atoms with Crippen molar-refractivity contribution in [2.75, 3.05) is 26.4 Å². The van der Waals surface area contributed by atoms with Crippen LogP contribution >= 0.6 is 0 Å². The molecule has 2 fully saturated rings. The van der Waals surface area contributed by atoms with Gasteiger partial charge in [-0.15, -0.1) is 0 Å². The molecule has 1 unspecified atom stereocenters. The summed E-state index contributed by atoms with van der Waals surface area (Å²) >= 11 is 0. The molecular weight excluding hydrogens is 424 g/mol. The van der Waals surface area contributed by atoms with Crippen LogP contribution in [0.5, 0.6) is 0 Å². The SMILES string of the molecule is O=C(O)CC1COCCN1C(=O)C1(NC(=O)OCC2c3ccccc3-c3ccccc32)CC1. The monoisotopic (exact) mass is 450 g/mol. The van der Waals surface area contributed by atoms with E-state index in [1.165, 1.54) is 4.90 Å². The van der Waals surface area contributed by atoms with E-state index in [1.54, 1.807) is 0 Å². The van der Waals surface area contributed by atoms with Gasteiger partial charge in [0.15, 0.2) is 0 Å². The Kier molecular flexibility index (Phi) is 5.54. The summed E-state index contributed by atoms with van der Waals surface area (Å²) in [5.41, 5.74) is 3.51. The molecule has 0 aromatic heterocycles. The molecule has 3 aliphatic rings. The fraction of sp³-hybridized carbons (Fsp3) is 0.400. The van der Waals surface area contributed by atoms with Crippen molar-refractivity contribution in [3.63, 3.8) is 0 Å². The maximum atomic E-state index is 13.2. The minimum absolute atomic E-state index is 0.0619. The lowest BCUT2D eigenvalue weighted by atomic mass is 9.98. The van der Waals surface area contributed by atoms with E-state index in [0.717, 1.165) is 22.3 Å². The third-order valence-electron chi connectivity index (χ3n) is 6.74. The lowest BCUT2D eigenvalue weighted by Crippen LogP contribution is -2.57. The van der Waals surface area contributed by atoms with Gasteiger partial charge in [0.1, 0.15) is 12.1 Å². The van der Waals surface area contributed by atoms with Crippen LogP contribution in [0.25, 0.3) is 11.1 Å². The number of nitrogens with one attached hydrogen (secondary N) is 1. The standard InChI is InChI=1S/C25H26N2O6/c28-22(29)13-16-14-32-12-11-27(16)23(30)25(9-10-25)26-24(31)33-15-21-19-7-3-1-5-17(19)18-6-2-4-8-20(18)21/h1-8,16,21H,9-15H2,(H,26,31)(H,28,29). The van der Waals surface area contributed by atoms with Gasteiger partial charge in [-0.2, -0.15) is 0 Å². The summed E-state index contributed by atoms with van der Waals surface area (Å²) in [6.45, 7) is 1.01. The van der Waals surface area contributed by atoms with Crippen LogP contribution in [-0.2, 0) is 19.1 Å². The number of amides is 2. The Bertz CT molecular complexity index is 1050. The summed E-state index contributed by atoms with van der Waals surface area (Å²) in [4.78, 5) is 38.6. The second-order valence-corrected chi connectivity index (χ2v) is 8.86. The zero-order valence-electron chi connectivity index (χ0n) is 18.2. The van der Waals surface area contributed by atoms with Gasteiger partial charge in [-0.25, -0.2) is 4.79 Å². The molecule has 0 bridgehead atoms. The van der Waals surface area contributed by atoms with E-state index < -0.39 is 23.6 Å². The summed E-state index contributed by atoms with van der Waals surface area (Å²) in [7, 11) is 0. The van der Waals surface area contributed by atoms with Crippen LogP contribution in [0.3, 0.4) is 0 Å². The fourth-order valence-electron chi connectivity index (χ4n) is 4.91. The van der Waals surface area contributed by atoms with Crippen LogP contribution in [0.15, 0.2) is 48.5 Å². The minimum atomic E-state index is -1.02. The number of nitrogens with zero attached hydrogens (tertiary/aromatic N) is 1. The molecule has 1 aliphatic heterocycles. The van der Waals surface area contributed by atoms with Gasteiger partial charge in [0.25, 0.3) is 0 Å². The number of hydrogen-bond acceptors (Lipinski definition) is 5. The van der Waals surface area contributed by atoms with Crippen LogP contribution in [0.2, 0.25) is 0 Å². The summed E-state index contributed by atoms with van der Waals surface area (Å²) in [6.07, 6.45) is 0.193. The van der Waals surface area contributed by atoms with Crippen molar-refractivity contribution in [1.29, 1.82) is 0 Å². The van der Waals surface area contributed by atoms with Crippen LogP contribution in [0.4, 0.5) is 4.79 Å². The predicted molar refractivity (Wildman–Crippen MR) is 119 cm³/mol. The van der Waals surface area contributed by atoms with Gasteiger partial charge < -0.3 is 24.8 Å². The highest BCUT2D eigenvalue weighted by Crippen LogP contribution is 2.44. The number of benzene rings is 2. The average Bonchev–Trinajstić information content (AvgIpc) is 3.52. The number of aliphatic carboxylic acids is 1. The molecule has 1 saturated heterocycles. The van der Waals surface area contributed by atoms with Gasteiger partial charge in [-0.05, 0) is 35.1 Å². The summed E-state index contributed by atoms with van der Waals surface area (Å²) in [5, 5.41) is 11.9. The van der Waals surface area contributed by atoms with Crippen molar-refractivity contribution in [1.82, 2.24) is 10.2 Å². The predicted octanol–water partition coefficient (Wildman–Crippen LogP) is 2.76. The summed E-state index contributed by atoms with van der Waals surface area (Å²) < 4.78 is 11.0. The number of alkyl carbamates (subject to hydrolysis) is 1. The highest BCUT2D eigenvalue weighted by Gasteiger charge is 2.54. The first-order chi connectivity index (χ1) is 16.0. The molecule has 172 valence electrons. The highest BCUT2D eigenvalue weighted by atomic mass is 16.5. The number of rotatable bonds is 6. The first-order valence-corrected chi connectivity index (χ1v) is 11.2. The zero-order valence-corrected chi connectivity index (χ0v) is 18.2. The zero-order chi connectivity index (χ0) is 23.0. The molecule has 2 aromatic carbocycles. The Labute approximate surface area is 191 Å². The van der Waals surface area contributed by atoms with Crippen molar-refractivity contribution in [3.8, 4) is 11.1 Å². The van der Waals surface area contributed by atoms with E-state index in [9.17, 15) is 14.4 Å². The third-order valence-corrected chi connectivity index (χ3v) is 6.74. The molecule has 1 atom stereocenters. The number of fused-ring (bicyclic) bond motifs is 3. The van der Waals surface area contributed by atoms with Gasteiger partial charge >= 0.3 is 12.1 Å². The maximum Gasteiger partial charge on any atom is 0.408 e. The molecule has 1 saturated carbocycles. The molecule has 0 spiro atoms. The molecule has 5 rings (SSSR count). The lowest BCUT2D eigenvalue weighted by Gasteiger charge is -2.37. The van der Waals surface area contributed by atoms with Crippen LogP contribution in [-0.4, -0.2) is 65.9 Å². The van der Waals surface area contributed by atoms with Gasteiger partial charge in [0.05, 0.1) is 25.7 Å². The first-order valence-electron chi connectivity index (χ1n) is 11.2. The Hall–Kier alpha value is -3.39. The van der Waals surface area contributed by atoms with Crippen molar-refractivity contribution < 1.29 is 29.0 Å². The Morgan fingerprint density at radius 1 is 1.06 bits per heavy atom. The van der Waals surface area contributed by atoms with Crippen LogP contribution in [0, 0.1) is 0 Å². The van der Waals surface area contributed by atoms with Gasteiger partial charge in [-0.1, -0.05) is 48.5 Å². The molecule has 2 amide bonds. The second kappa shape index (κ2) is 8.51. The largest absolute Gasteiger partial charge is 0.481 e. The van der Waals surface area contributed by atoms with E-state index in [1.807, 2.05) is 36.4 Å². The molecule has 33 heavy (non-hydrogen) atoms. The first kappa shape index (κ1) is 21.5. The number of carboxylic acid groups (broad SMARTS) is 1. The Morgan fingerprint density at radius 3 is 2.30 bits per heavy atom. The quantitative estimate of drug-likeness (QED) is 0.701. The number of carbonyl (C=O) groups excluding carboxylic acids is 2. The average molecular weight is 450 g/mol. The number of morpholine rings is 1. The topological polar surface area (TPSA) is 105 Å². The number of carbonyl (C=O) groups is 3. The van der Waals surface area contributed by atoms with Crippen molar-refractivity contribution >= 4 is 18.0 Å². The van der Waals surface area contributed by atoms with Crippen LogP contribution < -0.4 is 5.32 Å². The van der Waals surface area contributed by atoms with Gasteiger partial charge in [-0.3, -0.25) is 9.59 Å². The Balaban J connectivity index is 1.24. The van der Waals surface area contributed by atoms with E-state index in [0.29, 0.717) is 26.0 Å². The molecular formula is C25H26N2O6. The summed E-state index contributed by atoms with van der Waals surface area (Å²) in [6, 6.07) is 15.7. The van der Waals surface area contributed by atoms with Crippen LogP contribution in [0.1, 0.15) is 36.3 Å². The number of hydrogen-bond donors (Lipinski definition) is 2. The van der Waals surface area contributed by atoms with Crippen molar-refractivity contribution in [3.05, 3.63) is 59.7 Å². The van der Waals surface area contributed by atoms with E-state index >= 15 is 0 Å². The molecule has 2 aliphatic carbocycles. The van der Waals surface area contributed by atoms with E-state index in [-0.39, 0.29) is 31.5 Å². The number of ether oxygens (including phenoxy) is 2. The van der Waals surface area contributed by atoms with Crippen molar-refractivity contribution in [2.24, 2.45) is 0 Å². The molecule has 2 aromatic rings. The molecule has 0 radical (unpaired) electrons. The normalized spacial score (nSPS) is 20.5. The molecule has 8 nitrogen and oxygen atoms in total. The maximum absolute atomic E-state index is 13.2. The van der Waals surface area contributed by atoms with Gasteiger partial charge in [0.2, 0.25) is 5.91 Å². The fourth-order valence-corrected chi connectivity index (χ4v) is 4.91. The molecule has 8 heteroatoms. The number of carboxylic acids is 1.